The maximum atomic E-state index is 14.2. The number of imide groups is 1. The minimum absolute atomic E-state index is 0.298. The predicted molar refractivity (Wildman–Crippen MR) is 154 cm³/mol. The number of urea groups is 1. The summed E-state index contributed by atoms with van der Waals surface area (Å²) in [5.41, 5.74) is 4.30. The first-order chi connectivity index (χ1) is 19.4. The molecular formula is C32H32N4O4. The van der Waals surface area contributed by atoms with Crippen molar-refractivity contribution in [1.29, 1.82) is 0 Å². The molecule has 0 saturated carbocycles. The van der Waals surface area contributed by atoms with Crippen molar-refractivity contribution in [2.45, 2.75) is 38.8 Å². The standard InChI is InChI=1S/C32H32N4O4/c1-19(2)15-16-33-30(37)23-12-5-7-14-26(23)36-31(38)27-18-24-22-11-4-6-13-25(22)34-28(24)29(35(27)32(36)39)20-9-8-10-21(17-20)40-3/h4-14,17,19,27,29,34H,15-16,18H2,1-3H3,(H,33,37). The number of rotatable bonds is 7. The summed E-state index contributed by atoms with van der Waals surface area (Å²) in [6, 6.07) is 20.7. The first kappa shape index (κ1) is 25.7. The number of amides is 4. The maximum Gasteiger partial charge on any atom is 0.332 e. The Labute approximate surface area is 232 Å². The van der Waals surface area contributed by atoms with E-state index in [1.54, 1.807) is 36.3 Å². The molecule has 6 rings (SSSR count). The van der Waals surface area contributed by atoms with Crippen LogP contribution in [-0.2, 0) is 11.2 Å². The van der Waals surface area contributed by atoms with Crippen LogP contribution >= 0.6 is 0 Å². The summed E-state index contributed by atoms with van der Waals surface area (Å²) >= 11 is 0. The molecule has 1 aromatic heterocycles. The molecule has 4 aromatic rings. The molecule has 3 aromatic carbocycles. The first-order valence-electron chi connectivity index (χ1n) is 13.7. The lowest BCUT2D eigenvalue weighted by atomic mass is 9.89. The van der Waals surface area contributed by atoms with Gasteiger partial charge in [0.1, 0.15) is 17.8 Å². The quantitative estimate of drug-likeness (QED) is 0.308. The van der Waals surface area contributed by atoms with Crippen molar-refractivity contribution in [2.24, 2.45) is 5.92 Å². The Kier molecular flexibility index (Phi) is 6.54. The second-order valence-corrected chi connectivity index (χ2v) is 10.8. The highest BCUT2D eigenvalue weighted by molar-refractivity contribution is 6.24. The van der Waals surface area contributed by atoms with E-state index in [1.165, 1.54) is 4.90 Å². The topological polar surface area (TPSA) is 94.7 Å². The van der Waals surface area contributed by atoms with Gasteiger partial charge >= 0.3 is 6.03 Å². The number of H-pyrrole nitrogens is 1. The zero-order chi connectivity index (χ0) is 28.0. The number of methoxy groups -OCH3 is 1. The summed E-state index contributed by atoms with van der Waals surface area (Å²) in [4.78, 5) is 47.9. The van der Waals surface area contributed by atoms with Crippen molar-refractivity contribution in [3.05, 3.63) is 95.2 Å². The number of benzene rings is 3. The summed E-state index contributed by atoms with van der Waals surface area (Å²) in [5, 5.41) is 3.98. The van der Waals surface area contributed by atoms with Gasteiger partial charge in [-0.3, -0.25) is 14.5 Å². The highest BCUT2D eigenvalue weighted by Crippen LogP contribution is 2.45. The van der Waals surface area contributed by atoms with E-state index in [4.69, 9.17) is 4.74 Å². The number of nitrogens with zero attached hydrogens (tertiary/aromatic N) is 2. The smallest absolute Gasteiger partial charge is 0.332 e. The zero-order valence-corrected chi connectivity index (χ0v) is 22.8. The fraction of sp³-hybridized carbons (Fsp3) is 0.281. The van der Waals surface area contributed by atoms with Gasteiger partial charge in [-0.2, -0.15) is 0 Å². The lowest BCUT2D eigenvalue weighted by molar-refractivity contribution is -0.120. The van der Waals surface area contributed by atoms with Gasteiger partial charge in [0.15, 0.2) is 0 Å². The van der Waals surface area contributed by atoms with E-state index in [-0.39, 0.29) is 11.8 Å². The summed E-state index contributed by atoms with van der Waals surface area (Å²) in [5.74, 6) is 0.462. The molecule has 3 heterocycles. The average molecular weight is 537 g/mol. The van der Waals surface area contributed by atoms with E-state index < -0.39 is 18.1 Å². The van der Waals surface area contributed by atoms with Gasteiger partial charge in [-0.1, -0.05) is 56.3 Å². The van der Waals surface area contributed by atoms with E-state index in [0.29, 0.717) is 35.9 Å². The number of carbonyl (C=O) groups excluding carboxylic acids is 3. The van der Waals surface area contributed by atoms with Crippen molar-refractivity contribution < 1.29 is 19.1 Å². The number of fused-ring (bicyclic) bond motifs is 4. The number of nitrogens with one attached hydrogen (secondary N) is 2. The third-order valence-electron chi connectivity index (χ3n) is 7.86. The molecule has 4 amide bonds. The van der Waals surface area contributed by atoms with Crippen LogP contribution in [0.5, 0.6) is 5.75 Å². The molecule has 2 N–H and O–H groups in total. The molecular weight excluding hydrogens is 504 g/mol. The molecule has 204 valence electrons. The van der Waals surface area contributed by atoms with Crippen molar-refractivity contribution in [2.75, 3.05) is 18.6 Å². The zero-order valence-electron chi connectivity index (χ0n) is 22.8. The number of anilines is 1. The van der Waals surface area contributed by atoms with E-state index >= 15 is 0 Å². The Morgan fingerprint density at radius 3 is 2.62 bits per heavy atom. The molecule has 2 atom stereocenters. The molecule has 2 aliphatic heterocycles. The predicted octanol–water partition coefficient (Wildman–Crippen LogP) is 5.44. The maximum absolute atomic E-state index is 14.2. The lowest BCUT2D eigenvalue weighted by Crippen LogP contribution is -2.44. The fourth-order valence-corrected chi connectivity index (χ4v) is 5.88. The molecule has 0 aliphatic carbocycles. The number of aromatic nitrogens is 1. The van der Waals surface area contributed by atoms with Crippen LogP contribution in [0.15, 0.2) is 72.8 Å². The van der Waals surface area contributed by atoms with Gasteiger partial charge in [0.05, 0.1) is 18.4 Å². The number of ether oxygens (including phenoxy) is 1. The van der Waals surface area contributed by atoms with Crippen molar-refractivity contribution in [3.8, 4) is 5.75 Å². The van der Waals surface area contributed by atoms with E-state index in [2.05, 4.69) is 24.1 Å². The summed E-state index contributed by atoms with van der Waals surface area (Å²) in [7, 11) is 1.60. The Bertz CT molecular complexity index is 1620. The highest BCUT2D eigenvalue weighted by Gasteiger charge is 2.53. The van der Waals surface area contributed by atoms with Crippen molar-refractivity contribution in [1.82, 2.24) is 15.2 Å². The third-order valence-corrected chi connectivity index (χ3v) is 7.86. The highest BCUT2D eigenvalue weighted by atomic mass is 16.5. The third kappa shape index (κ3) is 4.20. The Morgan fingerprint density at radius 1 is 1.05 bits per heavy atom. The lowest BCUT2D eigenvalue weighted by Gasteiger charge is -2.36. The largest absolute Gasteiger partial charge is 0.497 e. The monoisotopic (exact) mass is 536 g/mol. The molecule has 1 fully saturated rings. The SMILES string of the molecule is COc1cccc(C2c3[nH]c4ccccc4c3CC3C(=O)N(c4ccccc4C(=O)NCCC(C)C)C(=O)N32)c1. The minimum atomic E-state index is -0.715. The van der Waals surface area contributed by atoms with Crippen LogP contribution in [0.3, 0.4) is 0 Å². The van der Waals surface area contributed by atoms with Crippen LogP contribution in [0.25, 0.3) is 10.9 Å². The molecule has 0 radical (unpaired) electrons. The normalized spacial score (nSPS) is 18.3. The van der Waals surface area contributed by atoms with E-state index in [1.807, 2.05) is 48.5 Å². The molecule has 8 heteroatoms. The van der Waals surface area contributed by atoms with Crippen LogP contribution < -0.4 is 15.0 Å². The summed E-state index contributed by atoms with van der Waals surface area (Å²) in [6.45, 7) is 4.70. The van der Waals surface area contributed by atoms with Gasteiger partial charge in [0.25, 0.3) is 11.8 Å². The van der Waals surface area contributed by atoms with Gasteiger partial charge in [-0.25, -0.2) is 9.69 Å². The summed E-state index contributed by atoms with van der Waals surface area (Å²) < 4.78 is 5.50. The van der Waals surface area contributed by atoms with Gasteiger partial charge < -0.3 is 15.0 Å². The Morgan fingerprint density at radius 2 is 1.82 bits per heavy atom. The number of carbonyl (C=O) groups is 3. The Balaban J connectivity index is 1.44. The van der Waals surface area contributed by atoms with Crippen LogP contribution in [0, 0.1) is 5.92 Å². The molecule has 2 aliphatic rings. The van der Waals surface area contributed by atoms with Crippen LogP contribution in [0.1, 0.15) is 53.5 Å². The first-order valence-corrected chi connectivity index (χ1v) is 13.7. The molecule has 2 unspecified atom stereocenters. The van der Waals surface area contributed by atoms with Crippen molar-refractivity contribution in [3.63, 3.8) is 0 Å². The molecule has 8 nitrogen and oxygen atoms in total. The van der Waals surface area contributed by atoms with Crippen LogP contribution in [0.4, 0.5) is 10.5 Å². The Hall–Kier alpha value is -4.59. The van der Waals surface area contributed by atoms with Gasteiger partial charge in [0, 0.05) is 29.6 Å². The molecule has 40 heavy (non-hydrogen) atoms. The van der Waals surface area contributed by atoms with Gasteiger partial charge in [-0.15, -0.1) is 0 Å². The van der Waals surface area contributed by atoms with Gasteiger partial charge in [-0.05, 0) is 53.8 Å². The second kappa shape index (κ2) is 10.2. The molecule has 1 saturated heterocycles. The van der Waals surface area contributed by atoms with Crippen LogP contribution in [0.2, 0.25) is 0 Å². The second-order valence-electron chi connectivity index (χ2n) is 10.8. The van der Waals surface area contributed by atoms with Crippen LogP contribution in [-0.4, -0.2) is 47.4 Å². The summed E-state index contributed by atoms with van der Waals surface area (Å²) in [6.07, 6.45) is 1.21. The van der Waals surface area contributed by atoms with E-state index in [0.717, 1.165) is 34.1 Å². The number of hydrogen-bond acceptors (Lipinski definition) is 4. The molecule has 0 bridgehead atoms. The number of para-hydroxylation sites is 2. The number of hydrogen-bond donors (Lipinski definition) is 2. The molecule has 0 spiro atoms. The minimum Gasteiger partial charge on any atom is -0.497 e. The number of aromatic amines is 1. The fourth-order valence-electron chi connectivity index (χ4n) is 5.88. The van der Waals surface area contributed by atoms with Crippen molar-refractivity contribution >= 4 is 34.4 Å². The van der Waals surface area contributed by atoms with E-state index in [9.17, 15) is 14.4 Å². The van der Waals surface area contributed by atoms with Gasteiger partial charge in [0.2, 0.25) is 0 Å². The average Bonchev–Trinajstić information content (AvgIpc) is 3.45.